The van der Waals surface area contributed by atoms with E-state index >= 15 is 0 Å². The molecule has 2 atom stereocenters. The maximum atomic E-state index is 10.5. The lowest BCUT2D eigenvalue weighted by molar-refractivity contribution is 0.0489. The van der Waals surface area contributed by atoms with E-state index < -0.39 is 6.10 Å². The van der Waals surface area contributed by atoms with Gasteiger partial charge in [-0.2, -0.15) is 5.10 Å². The van der Waals surface area contributed by atoms with Crippen LogP contribution in [0.5, 0.6) is 5.75 Å². The molecular weight excluding hydrogens is 332 g/mol. The number of rotatable bonds is 4. The van der Waals surface area contributed by atoms with Gasteiger partial charge in [-0.15, -0.1) is 0 Å². The van der Waals surface area contributed by atoms with Crippen molar-refractivity contribution in [1.29, 1.82) is 0 Å². The number of ether oxygens (including phenoxy) is 1. The van der Waals surface area contributed by atoms with Gasteiger partial charge in [0.2, 0.25) is 0 Å². The molecule has 1 aliphatic rings. The minimum absolute atomic E-state index is 0.186. The maximum absolute atomic E-state index is 10.5. The predicted octanol–water partition coefficient (Wildman–Crippen LogP) is 2.65. The largest absolute Gasteiger partial charge is 0.487 e. The Morgan fingerprint density at radius 3 is 2.90 bits per heavy atom. The normalized spacial score (nSPS) is 18.4. The summed E-state index contributed by atoms with van der Waals surface area (Å²) in [6.07, 6.45) is 1.43. The van der Waals surface area contributed by atoms with Crippen molar-refractivity contribution in [3.63, 3.8) is 0 Å². The Morgan fingerprint density at radius 2 is 2.24 bits per heavy atom. The van der Waals surface area contributed by atoms with E-state index in [2.05, 4.69) is 34.0 Å². The van der Waals surface area contributed by atoms with Crippen LogP contribution in [0.4, 0.5) is 0 Å². The van der Waals surface area contributed by atoms with E-state index in [1.54, 1.807) is 0 Å². The molecule has 0 saturated heterocycles. The SMILES string of the molecule is CCc1nn(C)c(CC(O)C2Cc3ccccc3O2)c1Br. The third-order valence-corrected chi connectivity index (χ3v) is 4.92. The molecule has 2 aromatic rings. The molecule has 0 radical (unpaired) electrons. The summed E-state index contributed by atoms with van der Waals surface area (Å²) >= 11 is 3.59. The summed E-state index contributed by atoms with van der Waals surface area (Å²) < 4.78 is 8.70. The van der Waals surface area contributed by atoms with Crippen molar-refractivity contribution in [3.05, 3.63) is 45.7 Å². The molecule has 4 nitrogen and oxygen atoms in total. The number of hydrogen-bond acceptors (Lipinski definition) is 3. The fourth-order valence-corrected chi connectivity index (χ4v) is 3.57. The molecule has 112 valence electrons. The van der Waals surface area contributed by atoms with Gasteiger partial charge in [0.25, 0.3) is 0 Å². The lowest BCUT2D eigenvalue weighted by atomic mass is 10.0. The highest BCUT2D eigenvalue weighted by Crippen LogP contribution is 2.31. The van der Waals surface area contributed by atoms with Crippen LogP contribution in [0.1, 0.15) is 23.9 Å². The van der Waals surface area contributed by atoms with Crippen molar-refractivity contribution in [2.75, 3.05) is 0 Å². The molecule has 0 aliphatic carbocycles. The van der Waals surface area contributed by atoms with Gasteiger partial charge >= 0.3 is 0 Å². The molecule has 3 rings (SSSR count). The minimum atomic E-state index is -0.547. The summed E-state index contributed by atoms with van der Waals surface area (Å²) in [6.45, 7) is 2.07. The van der Waals surface area contributed by atoms with E-state index in [1.165, 1.54) is 5.56 Å². The number of para-hydroxylation sites is 1. The van der Waals surface area contributed by atoms with E-state index in [0.29, 0.717) is 6.42 Å². The molecule has 2 heterocycles. The molecule has 1 aromatic carbocycles. The minimum Gasteiger partial charge on any atom is -0.487 e. The zero-order valence-corrected chi connectivity index (χ0v) is 13.8. The topological polar surface area (TPSA) is 47.3 Å². The van der Waals surface area contributed by atoms with Gasteiger partial charge in [-0.05, 0) is 34.0 Å². The number of aryl methyl sites for hydroxylation is 2. The van der Waals surface area contributed by atoms with Gasteiger partial charge in [0.15, 0.2) is 0 Å². The van der Waals surface area contributed by atoms with Crippen LogP contribution < -0.4 is 4.74 Å². The highest BCUT2D eigenvalue weighted by Gasteiger charge is 2.30. The number of nitrogens with zero attached hydrogens (tertiary/aromatic N) is 2. The second kappa shape index (κ2) is 5.81. The Hall–Kier alpha value is -1.33. The highest BCUT2D eigenvalue weighted by molar-refractivity contribution is 9.10. The summed E-state index contributed by atoms with van der Waals surface area (Å²) in [6, 6.07) is 7.97. The van der Waals surface area contributed by atoms with Crippen LogP contribution in [0.3, 0.4) is 0 Å². The van der Waals surface area contributed by atoms with Crippen LogP contribution in [0.25, 0.3) is 0 Å². The van der Waals surface area contributed by atoms with Crippen molar-refractivity contribution in [3.8, 4) is 5.75 Å². The Balaban J connectivity index is 1.74. The second-order valence-electron chi connectivity index (χ2n) is 5.42. The third kappa shape index (κ3) is 2.72. The number of aromatic nitrogens is 2. The molecule has 0 fully saturated rings. The van der Waals surface area contributed by atoms with Crippen LogP contribution >= 0.6 is 15.9 Å². The van der Waals surface area contributed by atoms with E-state index in [0.717, 1.165) is 34.5 Å². The van der Waals surface area contributed by atoms with Gasteiger partial charge in [0, 0.05) is 19.9 Å². The number of fused-ring (bicyclic) bond motifs is 1. The number of aliphatic hydroxyl groups is 1. The molecule has 2 unspecified atom stereocenters. The number of halogens is 1. The van der Waals surface area contributed by atoms with Gasteiger partial charge in [-0.1, -0.05) is 25.1 Å². The molecule has 1 N–H and O–H groups in total. The standard InChI is InChI=1S/C16H19BrN2O2/c1-3-11-16(17)12(19(2)18-11)9-13(20)15-8-10-6-4-5-7-14(10)21-15/h4-7,13,15,20H,3,8-9H2,1-2H3. The number of hydrogen-bond donors (Lipinski definition) is 1. The molecular formula is C16H19BrN2O2. The van der Waals surface area contributed by atoms with E-state index in [4.69, 9.17) is 4.74 Å². The van der Waals surface area contributed by atoms with E-state index in [1.807, 2.05) is 29.9 Å². The fraction of sp³-hybridized carbons (Fsp3) is 0.438. The zero-order valence-electron chi connectivity index (χ0n) is 12.2. The van der Waals surface area contributed by atoms with Gasteiger partial charge < -0.3 is 9.84 Å². The van der Waals surface area contributed by atoms with Gasteiger partial charge in [-0.3, -0.25) is 4.68 Å². The summed E-state index contributed by atoms with van der Waals surface area (Å²) in [4.78, 5) is 0. The molecule has 0 spiro atoms. The first-order valence-electron chi connectivity index (χ1n) is 7.23. The average Bonchev–Trinajstić information content (AvgIpc) is 3.03. The van der Waals surface area contributed by atoms with Gasteiger partial charge in [0.1, 0.15) is 11.9 Å². The average molecular weight is 351 g/mol. The van der Waals surface area contributed by atoms with Crippen LogP contribution in [0, 0.1) is 0 Å². The second-order valence-corrected chi connectivity index (χ2v) is 6.22. The summed E-state index contributed by atoms with van der Waals surface area (Å²) in [5.74, 6) is 0.889. The summed E-state index contributed by atoms with van der Waals surface area (Å²) in [5.41, 5.74) is 3.20. The first-order valence-corrected chi connectivity index (χ1v) is 8.02. The lowest BCUT2D eigenvalue weighted by Crippen LogP contribution is -2.32. The molecule has 1 aliphatic heterocycles. The maximum Gasteiger partial charge on any atom is 0.129 e. The van der Waals surface area contributed by atoms with Crippen LogP contribution in [-0.2, 0) is 26.3 Å². The van der Waals surface area contributed by atoms with E-state index in [9.17, 15) is 5.11 Å². The molecule has 1 aromatic heterocycles. The first kappa shape index (κ1) is 14.6. The fourth-order valence-electron chi connectivity index (χ4n) is 2.79. The van der Waals surface area contributed by atoms with Crippen molar-refractivity contribution < 1.29 is 9.84 Å². The zero-order chi connectivity index (χ0) is 15.0. The highest BCUT2D eigenvalue weighted by atomic mass is 79.9. The van der Waals surface area contributed by atoms with Crippen LogP contribution in [0.15, 0.2) is 28.7 Å². The van der Waals surface area contributed by atoms with Crippen molar-refractivity contribution in [2.45, 2.75) is 38.4 Å². The lowest BCUT2D eigenvalue weighted by Gasteiger charge is -2.18. The van der Waals surface area contributed by atoms with Crippen LogP contribution in [0.2, 0.25) is 0 Å². The molecule has 5 heteroatoms. The number of aliphatic hydroxyl groups excluding tert-OH is 1. The first-order chi connectivity index (χ1) is 10.1. The van der Waals surface area contributed by atoms with Gasteiger partial charge in [-0.25, -0.2) is 0 Å². The summed E-state index contributed by atoms with van der Waals surface area (Å²) in [5, 5.41) is 15.0. The van der Waals surface area contributed by atoms with Crippen molar-refractivity contribution in [1.82, 2.24) is 9.78 Å². The third-order valence-electron chi connectivity index (χ3n) is 4.01. The quantitative estimate of drug-likeness (QED) is 0.921. The Bertz CT molecular complexity index is 629. The molecule has 0 saturated carbocycles. The summed E-state index contributed by atoms with van der Waals surface area (Å²) in [7, 11) is 1.91. The smallest absolute Gasteiger partial charge is 0.129 e. The Morgan fingerprint density at radius 1 is 1.48 bits per heavy atom. The van der Waals surface area contributed by atoms with E-state index in [-0.39, 0.29) is 6.10 Å². The van der Waals surface area contributed by atoms with Crippen molar-refractivity contribution >= 4 is 15.9 Å². The Kier molecular flexibility index (Phi) is 4.04. The van der Waals surface area contributed by atoms with Gasteiger partial charge in [0.05, 0.1) is 22.0 Å². The molecule has 21 heavy (non-hydrogen) atoms. The molecule has 0 amide bonds. The monoisotopic (exact) mass is 350 g/mol. The predicted molar refractivity (Wildman–Crippen MR) is 84.6 cm³/mol. The molecule has 0 bridgehead atoms. The van der Waals surface area contributed by atoms with Crippen molar-refractivity contribution in [2.24, 2.45) is 7.05 Å². The Labute approximate surface area is 132 Å². The number of benzene rings is 1. The van der Waals surface area contributed by atoms with Crippen LogP contribution in [-0.4, -0.2) is 27.1 Å².